The molecule has 2 aliphatic rings. The molecule has 0 saturated heterocycles. The minimum absolute atomic E-state index is 0.0598. The molecule has 1 heterocycles. The predicted molar refractivity (Wildman–Crippen MR) is 107 cm³/mol. The van der Waals surface area contributed by atoms with E-state index in [9.17, 15) is 9.59 Å². The minimum atomic E-state index is -0.193. The number of benzene rings is 1. The number of hydrogen-bond donors (Lipinski definition) is 1. The Morgan fingerprint density at radius 1 is 1.21 bits per heavy atom. The third kappa shape index (κ3) is 4.19. The number of methoxy groups -OCH3 is 1. The highest BCUT2D eigenvalue weighted by Crippen LogP contribution is 2.40. The topological polar surface area (TPSA) is 77.5 Å². The molecule has 3 atom stereocenters. The van der Waals surface area contributed by atoms with Gasteiger partial charge < -0.3 is 14.8 Å². The lowest BCUT2D eigenvalue weighted by molar-refractivity contribution is -0.154. The molecular formula is C21H24N2O4S. The van der Waals surface area contributed by atoms with Gasteiger partial charge in [-0.1, -0.05) is 6.42 Å². The molecule has 2 aliphatic carbocycles. The number of hydrogen-bond acceptors (Lipinski definition) is 7. The van der Waals surface area contributed by atoms with Gasteiger partial charge in [0, 0.05) is 22.9 Å². The number of nitrogens with one attached hydrogen (secondary N) is 1. The summed E-state index contributed by atoms with van der Waals surface area (Å²) >= 11 is 1.47. The lowest BCUT2D eigenvalue weighted by Crippen LogP contribution is -2.39. The Hall–Kier alpha value is -2.41. The first-order valence-electron chi connectivity index (χ1n) is 9.68. The molecule has 2 fully saturated rings. The van der Waals surface area contributed by atoms with Crippen LogP contribution in [0.25, 0.3) is 0 Å². The number of anilines is 2. The molecule has 2 aromatic rings. The van der Waals surface area contributed by atoms with Crippen molar-refractivity contribution >= 4 is 33.9 Å². The molecule has 1 aromatic heterocycles. The number of ether oxygens (including phenoxy) is 2. The quantitative estimate of drug-likeness (QED) is 0.727. The normalized spacial score (nSPS) is 23.9. The molecule has 28 heavy (non-hydrogen) atoms. The predicted octanol–water partition coefficient (Wildman–Crippen LogP) is 4.33. The Bertz CT molecular complexity index is 832. The van der Waals surface area contributed by atoms with Crippen LogP contribution in [-0.2, 0) is 20.9 Å². The van der Waals surface area contributed by atoms with Crippen molar-refractivity contribution in [3.63, 3.8) is 0 Å². The molecule has 4 rings (SSSR count). The molecule has 0 radical (unpaired) electrons. The number of rotatable bonds is 6. The van der Waals surface area contributed by atoms with E-state index in [1.54, 1.807) is 7.11 Å². The maximum atomic E-state index is 12.5. The Labute approximate surface area is 168 Å². The van der Waals surface area contributed by atoms with Crippen molar-refractivity contribution in [1.29, 1.82) is 0 Å². The fraction of sp³-hybridized carbons (Fsp3) is 0.476. The molecule has 6 nitrogen and oxygen atoms in total. The van der Waals surface area contributed by atoms with Gasteiger partial charge in [0.05, 0.1) is 18.7 Å². The van der Waals surface area contributed by atoms with Crippen molar-refractivity contribution in [2.24, 2.45) is 17.8 Å². The molecule has 148 valence electrons. The van der Waals surface area contributed by atoms with Crippen molar-refractivity contribution in [3.05, 3.63) is 35.3 Å². The number of fused-ring (bicyclic) bond motifs is 2. The number of nitrogens with zero attached hydrogens (tertiary/aromatic N) is 1. The zero-order valence-electron chi connectivity index (χ0n) is 15.8. The maximum absolute atomic E-state index is 12.5. The van der Waals surface area contributed by atoms with Crippen LogP contribution >= 0.6 is 11.3 Å². The third-order valence-electron chi connectivity index (χ3n) is 5.64. The summed E-state index contributed by atoms with van der Waals surface area (Å²) in [5, 5.41) is 5.86. The molecule has 2 bridgehead atoms. The number of ketones is 1. The Morgan fingerprint density at radius 3 is 2.61 bits per heavy atom. The summed E-state index contributed by atoms with van der Waals surface area (Å²) in [5.41, 5.74) is 1.64. The molecule has 1 aromatic carbocycles. The zero-order valence-corrected chi connectivity index (χ0v) is 16.7. The Morgan fingerprint density at radius 2 is 1.93 bits per heavy atom. The van der Waals surface area contributed by atoms with Gasteiger partial charge in [-0.2, -0.15) is 0 Å². The van der Waals surface area contributed by atoms with Gasteiger partial charge in [-0.05, 0) is 49.9 Å². The van der Waals surface area contributed by atoms with E-state index >= 15 is 0 Å². The average Bonchev–Trinajstić information content (AvgIpc) is 3.14. The van der Waals surface area contributed by atoms with Crippen LogP contribution in [0.4, 0.5) is 10.8 Å². The van der Waals surface area contributed by atoms with E-state index < -0.39 is 0 Å². The molecular weight excluding hydrogens is 376 g/mol. The van der Waals surface area contributed by atoms with Crippen LogP contribution in [-0.4, -0.2) is 23.8 Å². The number of Topliss-reactive ketones (excluding diaryl/α,β-unsaturated/α-hetero) is 1. The van der Waals surface area contributed by atoms with E-state index in [0.717, 1.165) is 41.5 Å². The molecule has 1 N–H and O–H groups in total. The van der Waals surface area contributed by atoms with Crippen molar-refractivity contribution in [3.8, 4) is 5.75 Å². The second-order valence-electron chi connectivity index (χ2n) is 7.50. The maximum Gasteiger partial charge on any atom is 0.309 e. The molecule has 7 heteroatoms. The second-order valence-corrected chi connectivity index (χ2v) is 8.36. The van der Waals surface area contributed by atoms with Gasteiger partial charge in [0.1, 0.15) is 18.1 Å². The zero-order chi connectivity index (χ0) is 19.5. The van der Waals surface area contributed by atoms with Gasteiger partial charge >= 0.3 is 5.97 Å². The highest BCUT2D eigenvalue weighted by Gasteiger charge is 2.41. The van der Waals surface area contributed by atoms with Gasteiger partial charge in [0.2, 0.25) is 0 Å². The highest BCUT2D eigenvalue weighted by atomic mass is 32.1. The van der Waals surface area contributed by atoms with Crippen molar-refractivity contribution in [2.45, 2.75) is 38.7 Å². The van der Waals surface area contributed by atoms with E-state index in [1.807, 2.05) is 29.6 Å². The van der Waals surface area contributed by atoms with Crippen LogP contribution < -0.4 is 10.1 Å². The number of aromatic nitrogens is 1. The number of carbonyl (C=O) groups excluding carboxylic acids is 2. The van der Waals surface area contributed by atoms with E-state index in [0.29, 0.717) is 18.6 Å². The van der Waals surface area contributed by atoms with Crippen molar-refractivity contribution in [2.75, 3.05) is 12.4 Å². The van der Waals surface area contributed by atoms with Crippen LogP contribution in [0.15, 0.2) is 29.6 Å². The standard InChI is InChI=1S/C21H24N2O4S/c1-26-18-7-5-16(6-8-18)22-21-23-17(12-28-21)11-27-20(25)15-9-13-3-2-4-14(10-15)19(13)24/h5-8,12-15H,2-4,9-11H2,1H3,(H,22,23)/t13-,14+,15?. The van der Waals surface area contributed by atoms with Crippen molar-refractivity contribution in [1.82, 2.24) is 4.98 Å². The average molecular weight is 401 g/mol. The number of carbonyl (C=O) groups is 2. The van der Waals surface area contributed by atoms with E-state index in [2.05, 4.69) is 10.3 Å². The van der Waals surface area contributed by atoms with Crippen LogP contribution in [0.2, 0.25) is 0 Å². The summed E-state index contributed by atoms with van der Waals surface area (Å²) in [7, 11) is 1.63. The van der Waals surface area contributed by atoms with Gasteiger partial charge in [0.25, 0.3) is 0 Å². The molecule has 1 unspecified atom stereocenters. The summed E-state index contributed by atoms with van der Waals surface area (Å²) < 4.78 is 10.7. The first kappa shape index (κ1) is 18.9. The highest BCUT2D eigenvalue weighted by molar-refractivity contribution is 7.13. The van der Waals surface area contributed by atoms with E-state index in [4.69, 9.17) is 9.47 Å². The fourth-order valence-electron chi connectivity index (χ4n) is 4.16. The molecule has 0 amide bonds. The van der Waals surface area contributed by atoms with Crippen LogP contribution in [0.5, 0.6) is 5.75 Å². The summed E-state index contributed by atoms with van der Waals surface area (Å²) in [6.45, 7) is 0.166. The molecule has 0 aliphatic heterocycles. The third-order valence-corrected chi connectivity index (χ3v) is 6.44. The summed E-state index contributed by atoms with van der Waals surface area (Å²) in [5.74, 6) is 0.940. The fourth-order valence-corrected chi connectivity index (χ4v) is 4.88. The summed E-state index contributed by atoms with van der Waals surface area (Å²) in [6, 6.07) is 7.59. The van der Waals surface area contributed by atoms with Gasteiger partial charge in [-0.15, -0.1) is 11.3 Å². The van der Waals surface area contributed by atoms with Gasteiger partial charge in [-0.25, -0.2) is 4.98 Å². The smallest absolute Gasteiger partial charge is 0.309 e. The Kier molecular flexibility index (Phi) is 5.62. The first-order chi connectivity index (χ1) is 13.6. The molecule has 2 saturated carbocycles. The largest absolute Gasteiger partial charge is 0.497 e. The summed E-state index contributed by atoms with van der Waals surface area (Å²) in [6.07, 6.45) is 4.24. The van der Waals surface area contributed by atoms with Gasteiger partial charge in [0.15, 0.2) is 5.13 Å². The van der Waals surface area contributed by atoms with Crippen molar-refractivity contribution < 1.29 is 19.1 Å². The lowest BCUT2D eigenvalue weighted by atomic mass is 9.67. The second kappa shape index (κ2) is 8.31. The number of thiazole rings is 1. The van der Waals surface area contributed by atoms with Crippen LogP contribution in [0.1, 0.15) is 37.8 Å². The monoisotopic (exact) mass is 400 g/mol. The number of esters is 1. The van der Waals surface area contributed by atoms with Crippen LogP contribution in [0.3, 0.4) is 0 Å². The van der Waals surface area contributed by atoms with E-state index in [1.165, 1.54) is 11.3 Å². The Balaban J connectivity index is 1.29. The molecule has 0 spiro atoms. The lowest BCUT2D eigenvalue weighted by Gasteiger charge is -2.36. The van der Waals surface area contributed by atoms with Crippen LogP contribution in [0, 0.1) is 17.8 Å². The summed E-state index contributed by atoms with van der Waals surface area (Å²) in [4.78, 5) is 29.1. The van der Waals surface area contributed by atoms with E-state index in [-0.39, 0.29) is 30.3 Å². The first-order valence-corrected chi connectivity index (χ1v) is 10.6. The minimum Gasteiger partial charge on any atom is -0.497 e. The SMILES string of the molecule is COc1ccc(Nc2nc(COC(=O)C3C[C@H]4CCC[C@@H](C3)C4=O)cs2)cc1. The van der Waals surface area contributed by atoms with Gasteiger partial charge in [-0.3, -0.25) is 9.59 Å².